The number of hydrogen-bond acceptors (Lipinski definition) is 3. The second kappa shape index (κ2) is 3.20. The normalized spacial score (nSPS) is 16.7. The van der Waals surface area contributed by atoms with E-state index in [0.717, 1.165) is 12.8 Å². The molecule has 0 atom stereocenters. The summed E-state index contributed by atoms with van der Waals surface area (Å²) in [6.07, 6.45) is 5.14. The summed E-state index contributed by atoms with van der Waals surface area (Å²) in [5, 5.41) is 0. The molecule has 0 saturated heterocycles. The third kappa shape index (κ3) is 1.71. The first kappa shape index (κ1) is 8.29. The number of ether oxygens (including phenoxy) is 1. The molecule has 2 rings (SSSR count). The number of nitrogens with zero attached hydrogens (tertiary/aromatic N) is 2. The average molecular weight is 180 g/mol. The molecule has 70 valence electrons. The smallest absolute Gasteiger partial charge is 0.256 e. The fraction of sp³-hybridized carbons (Fsp3) is 0.556. The molecule has 1 aliphatic rings. The van der Waals surface area contributed by atoms with Gasteiger partial charge in [-0.1, -0.05) is 0 Å². The Bertz CT molecular complexity index is 355. The quantitative estimate of drug-likeness (QED) is 0.673. The van der Waals surface area contributed by atoms with Gasteiger partial charge in [0.25, 0.3) is 5.56 Å². The van der Waals surface area contributed by atoms with Crippen LogP contribution in [0.1, 0.15) is 19.3 Å². The zero-order valence-corrected chi connectivity index (χ0v) is 7.56. The van der Waals surface area contributed by atoms with E-state index in [-0.39, 0.29) is 11.7 Å². The maximum atomic E-state index is 11.2. The summed E-state index contributed by atoms with van der Waals surface area (Å²) in [5.74, 6) is 0.452. The summed E-state index contributed by atoms with van der Waals surface area (Å²) >= 11 is 0. The lowest BCUT2D eigenvalue weighted by atomic mass is 9.96. The van der Waals surface area contributed by atoms with Crippen LogP contribution in [0.15, 0.2) is 17.2 Å². The van der Waals surface area contributed by atoms with Crippen molar-refractivity contribution in [3.8, 4) is 5.88 Å². The lowest BCUT2D eigenvalue weighted by Crippen LogP contribution is -2.26. The van der Waals surface area contributed by atoms with Crippen LogP contribution in [0, 0.1) is 0 Å². The van der Waals surface area contributed by atoms with Gasteiger partial charge in [0.1, 0.15) is 12.4 Å². The van der Waals surface area contributed by atoms with Gasteiger partial charge in [0.2, 0.25) is 5.88 Å². The summed E-state index contributed by atoms with van der Waals surface area (Å²) in [5.41, 5.74) is -0.0793. The predicted octanol–water partition coefficient (Wildman–Crippen LogP) is 0.712. The zero-order chi connectivity index (χ0) is 9.26. The first-order valence-corrected chi connectivity index (χ1v) is 4.45. The second-order valence-corrected chi connectivity index (χ2v) is 3.35. The molecule has 1 aliphatic carbocycles. The molecule has 1 aromatic rings. The Morgan fingerprint density at radius 2 is 2.38 bits per heavy atom. The molecule has 0 spiro atoms. The van der Waals surface area contributed by atoms with Crippen molar-refractivity contribution in [3.63, 3.8) is 0 Å². The molecule has 1 fully saturated rings. The highest BCUT2D eigenvalue weighted by Gasteiger charge is 2.19. The van der Waals surface area contributed by atoms with Crippen molar-refractivity contribution in [2.45, 2.75) is 25.4 Å². The Hall–Kier alpha value is -1.32. The number of aryl methyl sites for hydroxylation is 1. The van der Waals surface area contributed by atoms with Crippen molar-refractivity contribution in [1.82, 2.24) is 9.55 Å². The Labute approximate surface area is 76.2 Å². The lowest BCUT2D eigenvalue weighted by Gasteiger charge is -2.25. The van der Waals surface area contributed by atoms with Crippen molar-refractivity contribution in [2.24, 2.45) is 7.05 Å². The van der Waals surface area contributed by atoms with E-state index in [1.807, 2.05) is 0 Å². The number of aromatic nitrogens is 2. The summed E-state index contributed by atoms with van der Waals surface area (Å²) in [6.45, 7) is 0. The third-order valence-corrected chi connectivity index (χ3v) is 2.29. The summed E-state index contributed by atoms with van der Waals surface area (Å²) < 4.78 is 6.89. The predicted molar refractivity (Wildman–Crippen MR) is 47.7 cm³/mol. The Kier molecular flexibility index (Phi) is 2.04. The van der Waals surface area contributed by atoms with Gasteiger partial charge in [-0.15, -0.1) is 0 Å². The molecule has 0 N–H and O–H groups in total. The van der Waals surface area contributed by atoms with Gasteiger partial charge in [0.05, 0.1) is 6.07 Å². The fourth-order valence-electron chi connectivity index (χ4n) is 1.17. The standard InChI is InChI=1S/C9H12N2O2/c1-11-6-10-8(5-9(11)12)13-7-3-2-4-7/h5-7H,2-4H2,1H3. The topological polar surface area (TPSA) is 44.1 Å². The van der Waals surface area contributed by atoms with Crippen LogP contribution < -0.4 is 10.3 Å². The maximum Gasteiger partial charge on any atom is 0.256 e. The van der Waals surface area contributed by atoms with E-state index in [0.29, 0.717) is 5.88 Å². The molecule has 0 bridgehead atoms. The number of rotatable bonds is 2. The molecule has 0 radical (unpaired) electrons. The van der Waals surface area contributed by atoms with Gasteiger partial charge in [-0.2, -0.15) is 0 Å². The van der Waals surface area contributed by atoms with Crippen LogP contribution in [-0.4, -0.2) is 15.7 Å². The van der Waals surface area contributed by atoms with Crippen molar-refractivity contribution in [2.75, 3.05) is 0 Å². The molecular formula is C9H12N2O2. The van der Waals surface area contributed by atoms with Gasteiger partial charge in [-0.05, 0) is 19.3 Å². The van der Waals surface area contributed by atoms with Crippen molar-refractivity contribution >= 4 is 0 Å². The van der Waals surface area contributed by atoms with Gasteiger partial charge >= 0.3 is 0 Å². The molecule has 0 unspecified atom stereocenters. The molecule has 13 heavy (non-hydrogen) atoms. The SMILES string of the molecule is Cn1cnc(OC2CCC2)cc1=O. The van der Waals surface area contributed by atoms with E-state index in [1.54, 1.807) is 7.05 Å². The zero-order valence-electron chi connectivity index (χ0n) is 7.56. The minimum absolute atomic E-state index is 0.0793. The minimum Gasteiger partial charge on any atom is -0.474 e. The number of hydrogen-bond donors (Lipinski definition) is 0. The average Bonchev–Trinajstić information content (AvgIpc) is 2.04. The summed E-state index contributed by atoms with van der Waals surface area (Å²) in [6, 6.07) is 1.43. The van der Waals surface area contributed by atoms with Crippen LogP contribution in [0.4, 0.5) is 0 Å². The Morgan fingerprint density at radius 1 is 1.62 bits per heavy atom. The molecule has 4 nitrogen and oxygen atoms in total. The Balaban J connectivity index is 2.12. The van der Waals surface area contributed by atoms with E-state index in [4.69, 9.17) is 4.74 Å². The highest BCUT2D eigenvalue weighted by Crippen LogP contribution is 2.22. The molecule has 4 heteroatoms. The van der Waals surface area contributed by atoms with Gasteiger partial charge in [-0.25, -0.2) is 4.98 Å². The first-order valence-electron chi connectivity index (χ1n) is 4.45. The highest BCUT2D eigenvalue weighted by molar-refractivity contribution is 5.06. The molecule has 0 aliphatic heterocycles. The van der Waals surface area contributed by atoms with Crippen LogP contribution in [0.5, 0.6) is 5.88 Å². The largest absolute Gasteiger partial charge is 0.474 e. The molecule has 1 aromatic heterocycles. The van der Waals surface area contributed by atoms with Crippen LogP contribution in [0.25, 0.3) is 0 Å². The first-order chi connectivity index (χ1) is 6.25. The van der Waals surface area contributed by atoms with Crippen LogP contribution in [0.3, 0.4) is 0 Å². The van der Waals surface area contributed by atoms with Crippen LogP contribution in [0.2, 0.25) is 0 Å². The van der Waals surface area contributed by atoms with E-state index >= 15 is 0 Å². The van der Waals surface area contributed by atoms with E-state index in [2.05, 4.69) is 4.98 Å². The fourth-order valence-corrected chi connectivity index (χ4v) is 1.17. The van der Waals surface area contributed by atoms with E-state index in [9.17, 15) is 4.79 Å². The lowest BCUT2D eigenvalue weighted by molar-refractivity contribution is 0.114. The second-order valence-electron chi connectivity index (χ2n) is 3.35. The van der Waals surface area contributed by atoms with Gasteiger partial charge in [0.15, 0.2) is 0 Å². The van der Waals surface area contributed by atoms with Gasteiger partial charge in [0, 0.05) is 7.05 Å². The van der Waals surface area contributed by atoms with Crippen molar-refractivity contribution < 1.29 is 4.74 Å². The summed E-state index contributed by atoms with van der Waals surface area (Å²) in [4.78, 5) is 15.2. The monoisotopic (exact) mass is 180 g/mol. The minimum atomic E-state index is -0.0793. The van der Waals surface area contributed by atoms with Crippen LogP contribution >= 0.6 is 0 Å². The van der Waals surface area contributed by atoms with E-state index in [1.165, 1.54) is 23.4 Å². The highest BCUT2D eigenvalue weighted by atomic mass is 16.5. The summed E-state index contributed by atoms with van der Waals surface area (Å²) in [7, 11) is 1.67. The van der Waals surface area contributed by atoms with Crippen molar-refractivity contribution in [3.05, 3.63) is 22.7 Å². The van der Waals surface area contributed by atoms with E-state index < -0.39 is 0 Å². The molecule has 0 aromatic carbocycles. The third-order valence-electron chi connectivity index (χ3n) is 2.29. The van der Waals surface area contributed by atoms with Crippen LogP contribution in [-0.2, 0) is 7.05 Å². The molecular weight excluding hydrogens is 168 g/mol. The maximum absolute atomic E-state index is 11.2. The van der Waals surface area contributed by atoms with Gasteiger partial charge in [-0.3, -0.25) is 4.79 Å². The molecule has 0 amide bonds. The molecule has 1 heterocycles. The van der Waals surface area contributed by atoms with Crippen molar-refractivity contribution in [1.29, 1.82) is 0 Å². The molecule has 1 saturated carbocycles. The van der Waals surface area contributed by atoms with Gasteiger partial charge < -0.3 is 9.30 Å². The Morgan fingerprint density at radius 3 is 2.92 bits per heavy atom.